The Morgan fingerprint density at radius 2 is 2.00 bits per heavy atom. The van der Waals surface area contributed by atoms with Gasteiger partial charge in [-0.3, -0.25) is 0 Å². The lowest BCUT2D eigenvalue weighted by Gasteiger charge is -2.06. The van der Waals surface area contributed by atoms with Crippen LogP contribution in [0.1, 0.15) is 28.5 Å². The van der Waals surface area contributed by atoms with Gasteiger partial charge in [0, 0.05) is 0 Å². The second-order valence-electron chi connectivity index (χ2n) is 3.33. The molecule has 1 aromatic rings. The Morgan fingerprint density at radius 3 is 2.75 bits per heavy atom. The molecule has 64 valence electrons. The monoisotopic (exact) mass is 179 g/mol. The van der Waals surface area contributed by atoms with Gasteiger partial charge in [0.25, 0.3) is 0 Å². The molecule has 12 heavy (non-hydrogen) atoms. The van der Waals surface area contributed by atoms with Crippen LogP contribution in [0.25, 0.3) is 0 Å². The van der Waals surface area contributed by atoms with E-state index in [0.717, 1.165) is 5.56 Å². The third-order valence-corrected chi connectivity index (χ3v) is 2.76. The summed E-state index contributed by atoms with van der Waals surface area (Å²) in [6, 6.07) is 6.47. The van der Waals surface area contributed by atoms with Crippen LogP contribution < -0.4 is 5.73 Å². The summed E-state index contributed by atoms with van der Waals surface area (Å²) in [5, 5.41) is -0.129. The molecule has 2 heteroatoms. The zero-order chi connectivity index (χ0) is 8.55. The average molecular weight is 179 g/mol. The minimum absolute atomic E-state index is 0.129. The third kappa shape index (κ3) is 1.37. The molecule has 2 rings (SSSR count). The fourth-order valence-electron chi connectivity index (χ4n) is 1.78. The van der Waals surface area contributed by atoms with Gasteiger partial charge in [-0.15, -0.1) is 0 Å². The highest BCUT2D eigenvalue weighted by molar-refractivity contribution is 7.80. The average Bonchev–Trinajstić information content (AvgIpc) is 2.49. The van der Waals surface area contributed by atoms with Crippen molar-refractivity contribution in [2.24, 2.45) is 5.73 Å². The molecule has 1 aromatic carbocycles. The molecule has 0 amide bonds. The van der Waals surface area contributed by atoms with E-state index >= 15 is 0 Å². The lowest BCUT2D eigenvalue weighted by atomic mass is 10.1. The molecule has 0 bridgehead atoms. The van der Waals surface area contributed by atoms with Crippen LogP contribution in [-0.4, -0.2) is 0 Å². The van der Waals surface area contributed by atoms with Crippen LogP contribution in [0.15, 0.2) is 18.2 Å². The molecule has 0 spiro atoms. The van der Waals surface area contributed by atoms with Crippen molar-refractivity contribution in [3.05, 3.63) is 34.9 Å². The van der Waals surface area contributed by atoms with Gasteiger partial charge in [-0.25, -0.2) is 0 Å². The fourth-order valence-corrected chi connectivity index (χ4v) is 1.94. The topological polar surface area (TPSA) is 26.0 Å². The van der Waals surface area contributed by atoms with Crippen molar-refractivity contribution in [1.29, 1.82) is 0 Å². The van der Waals surface area contributed by atoms with Gasteiger partial charge in [-0.2, -0.15) is 12.6 Å². The van der Waals surface area contributed by atoms with Crippen LogP contribution >= 0.6 is 12.6 Å². The normalized spacial score (nSPS) is 17.5. The van der Waals surface area contributed by atoms with E-state index in [9.17, 15) is 0 Å². The van der Waals surface area contributed by atoms with E-state index < -0.39 is 0 Å². The largest absolute Gasteiger partial charge is 0.316 e. The van der Waals surface area contributed by atoms with Gasteiger partial charge >= 0.3 is 0 Å². The molecule has 0 aromatic heterocycles. The van der Waals surface area contributed by atoms with E-state index in [4.69, 9.17) is 5.73 Å². The minimum Gasteiger partial charge on any atom is -0.316 e. The third-order valence-electron chi connectivity index (χ3n) is 2.46. The summed E-state index contributed by atoms with van der Waals surface area (Å²) in [6.07, 6.45) is 3.74. The molecule has 0 fully saturated rings. The summed E-state index contributed by atoms with van der Waals surface area (Å²) in [4.78, 5) is 0. The van der Waals surface area contributed by atoms with E-state index in [0.29, 0.717) is 0 Å². The zero-order valence-corrected chi connectivity index (χ0v) is 7.85. The first-order chi connectivity index (χ1) is 5.77. The first kappa shape index (κ1) is 8.14. The lowest BCUT2D eigenvalue weighted by molar-refractivity contribution is 0.911. The molecule has 2 N–H and O–H groups in total. The predicted molar refractivity (Wildman–Crippen MR) is 54.4 cm³/mol. The van der Waals surface area contributed by atoms with E-state index in [2.05, 4.69) is 30.8 Å². The molecule has 0 saturated heterocycles. The van der Waals surface area contributed by atoms with Crippen molar-refractivity contribution in [2.75, 3.05) is 0 Å². The van der Waals surface area contributed by atoms with Gasteiger partial charge in [-0.1, -0.05) is 18.2 Å². The van der Waals surface area contributed by atoms with Crippen LogP contribution in [0.3, 0.4) is 0 Å². The van der Waals surface area contributed by atoms with Gasteiger partial charge in [-0.05, 0) is 36.0 Å². The van der Waals surface area contributed by atoms with Crippen LogP contribution in [0.5, 0.6) is 0 Å². The standard InChI is InChI=1S/C10H13NS/c11-10(12)9-5-4-7-2-1-3-8(7)6-9/h4-6,10,12H,1-3,11H2. The summed E-state index contributed by atoms with van der Waals surface area (Å²) in [6.45, 7) is 0. The Balaban J connectivity index is 2.39. The van der Waals surface area contributed by atoms with Crippen molar-refractivity contribution in [3.8, 4) is 0 Å². The first-order valence-corrected chi connectivity index (χ1v) is 4.84. The Morgan fingerprint density at radius 1 is 1.25 bits per heavy atom. The Labute approximate surface area is 78.4 Å². The van der Waals surface area contributed by atoms with Crippen LogP contribution in [0, 0.1) is 0 Å². The summed E-state index contributed by atoms with van der Waals surface area (Å²) < 4.78 is 0. The smallest absolute Gasteiger partial charge is 0.0734 e. The maximum atomic E-state index is 5.67. The zero-order valence-electron chi connectivity index (χ0n) is 6.96. The number of nitrogens with two attached hydrogens (primary N) is 1. The first-order valence-electron chi connectivity index (χ1n) is 4.33. The van der Waals surface area contributed by atoms with Crippen LogP contribution in [0.2, 0.25) is 0 Å². The summed E-state index contributed by atoms with van der Waals surface area (Å²) in [5.74, 6) is 0. The SMILES string of the molecule is NC(S)c1ccc2c(c1)CCC2. The molecule has 1 nitrogen and oxygen atoms in total. The van der Waals surface area contributed by atoms with Gasteiger partial charge in [0.2, 0.25) is 0 Å². The molecule has 0 heterocycles. The molecule has 1 unspecified atom stereocenters. The number of hydrogen-bond donors (Lipinski definition) is 2. The number of fused-ring (bicyclic) bond motifs is 1. The lowest BCUT2D eigenvalue weighted by Crippen LogP contribution is -2.02. The Bertz CT molecular complexity index is 294. The highest BCUT2D eigenvalue weighted by Crippen LogP contribution is 2.25. The highest BCUT2D eigenvalue weighted by atomic mass is 32.1. The van der Waals surface area contributed by atoms with Gasteiger partial charge in [0.05, 0.1) is 5.37 Å². The van der Waals surface area contributed by atoms with Crippen LogP contribution in [0.4, 0.5) is 0 Å². The van der Waals surface area contributed by atoms with E-state index in [-0.39, 0.29) is 5.37 Å². The van der Waals surface area contributed by atoms with E-state index in [1.54, 1.807) is 0 Å². The van der Waals surface area contributed by atoms with Crippen molar-refractivity contribution >= 4 is 12.6 Å². The summed E-state index contributed by atoms with van der Waals surface area (Å²) >= 11 is 4.21. The molecule has 0 radical (unpaired) electrons. The van der Waals surface area contributed by atoms with Crippen molar-refractivity contribution < 1.29 is 0 Å². The number of rotatable bonds is 1. The predicted octanol–water partition coefficient (Wildman–Crippen LogP) is 2.06. The second-order valence-corrected chi connectivity index (χ2v) is 3.88. The maximum absolute atomic E-state index is 5.67. The van der Waals surface area contributed by atoms with Gasteiger partial charge in [0.1, 0.15) is 0 Å². The summed E-state index contributed by atoms with van der Waals surface area (Å²) in [5.41, 5.74) is 9.77. The molecule has 1 aliphatic rings. The second kappa shape index (κ2) is 3.11. The number of aryl methyl sites for hydroxylation is 2. The van der Waals surface area contributed by atoms with Crippen molar-refractivity contribution in [1.82, 2.24) is 0 Å². The van der Waals surface area contributed by atoms with Crippen molar-refractivity contribution in [2.45, 2.75) is 24.6 Å². The maximum Gasteiger partial charge on any atom is 0.0734 e. The molecular weight excluding hydrogens is 166 g/mol. The number of benzene rings is 1. The number of thiol groups is 1. The molecule has 0 saturated carbocycles. The fraction of sp³-hybridized carbons (Fsp3) is 0.400. The number of hydrogen-bond acceptors (Lipinski definition) is 2. The van der Waals surface area contributed by atoms with E-state index in [1.165, 1.54) is 30.4 Å². The van der Waals surface area contributed by atoms with E-state index in [1.807, 2.05) is 0 Å². The minimum atomic E-state index is -0.129. The molecular formula is C10H13NS. The highest BCUT2D eigenvalue weighted by Gasteiger charge is 2.11. The van der Waals surface area contributed by atoms with Crippen LogP contribution in [-0.2, 0) is 12.8 Å². The van der Waals surface area contributed by atoms with Gasteiger partial charge in [0.15, 0.2) is 0 Å². The molecule has 1 atom stereocenters. The molecule has 1 aliphatic carbocycles. The van der Waals surface area contributed by atoms with Crippen molar-refractivity contribution in [3.63, 3.8) is 0 Å². The Hall–Kier alpha value is -0.470. The Kier molecular flexibility index (Phi) is 2.11. The molecule has 0 aliphatic heterocycles. The quantitative estimate of drug-likeness (QED) is 0.501. The summed E-state index contributed by atoms with van der Waals surface area (Å²) in [7, 11) is 0. The van der Waals surface area contributed by atoms with Gasteiger partial charge < -0.3 is 5.73 Å².